The SMILES string of the molecule is BCCF. The summed E-state index contributed by atoms with van der Waals surface area (Å²) in [6, 6.07) is 0. The summed E-state index contributed by atoms with van der Waals surface area (Å²) in [5.41, 5.74) is 0. The molecule has 2 heteroatoms. The van der Waals surface area contributed by atoms with Crippen LogP contribution in [0.4, 0.5) is 4.39 Å². The van der Waals surface area contributed by atoms with Gasteiger partial charge in [0.2, 0.25) is 0 Å². The Morgan fingerprint density at radius 2 is 2.00 bits per heavy atom. The zero-order chi connectivity index (χ0) is 3.41. The molecule has 4 heavy (non-hydrogen) atoms. The van der Waals surface area contributed by atoms with Crippen molar-refractivity contribution in [2.24, 2.45) is 0 Å². The lowest BCUT2D eigenvalue weighted by molar-refractivity contribution is 0.527. The van der Waals surface area contributed by atoms with E-state index >= 15 is 0 Å². The molecule has 0 nitrogen and oxygen atoms in total. The molecule has 0 unspecified atom stereocenters. The van der Waals surface area contributed by atoms with E-state index in [2.05, 4.69) is 0 Å². The van der Waals surface area contributed by atoms with Crippen LogP contribution in [0.15, 0.2) is 0 Å². The molecule has 0 spiro atoms. The molecule has 0 bridgehead atoms. The van der Waals surface area contributed by atoms with Gasteiger partial charge in [0.05, 0.1) is 6.67 Å². The minimum absolute atomic E-state index is 0.181. The predicted octanol–water partition coefficient (Wildman–Crippen LogP) is 0.00730. The summed E-state index contributed by atoms with van der Waals surface area (Å²) < 4.78 is 10.7. The Kier molecular flexibility index (Phi) is 2.99. The van der Waals surface area contributed by atoms with Crippen molar-refractivity contribution in [2.45, 2.75) is 6.32 Å². The van der Waals surface area contributed by atoms with Crippen LogP contribution >= 0.6 is 0 Å². The largest absolute Gasteiger partial charge is 0.252 e. The van der Waals surface area contributed by atoms with E-state index in [9.17, 15) is 4.39 Å². The Hall–Kier alpha value is -0.00506. The smallest absolute Gasteiger partial charge is 0.104 e. The molecule has 0 N–H and O–H groups in total. The van der Waals surface area contributed by atoms with Gasteiger partial charge in [0.25, 0.3) is 0 Å². The predicted molar refractivity (Wildman–Crippen MR) is 19.3 cm³/mol. The number of hydrogen-bond donors (Lipinski definition) is 0. The molecule has 0 aromatic heterocycles. The molecule has 24 valence electrons. The molecule has 0 aliphatic rings. The zero-order valence-corrected chi connectivity index (χ0v) is 2.79. The quantitative estimate of drug-likeness (QED) is 0.374. The van der Waals surface area contributed by atoms with Crippen LogP contribution < -0.4 is 0 Å². The van der Waals surface area contributed by atoms with Gasteiger partial charge in [0, 0.05) is 0 Å². The summed E-state index contributed by atoms with van der Waals surface area (Å²) in [6.45, 7) is -0.181. The Bertz CT molecular complexity index is 8.00. The lowest BCUT2D eigenvalue weighted by atomic mass is 10.1. The maximum atomic E-state index is 10.7. The van der Waals surface area contributed by atoms with Crippen LogP contribution in [0.25, 0.3) is 0 Å². The first-order valence-corrected chi connectivity index (χ1v) is 1.47. The van der Waals surface area contributed by atoms with Crippen molar-refractivity contribution in [3.8, 4) is 0 Å². The number of alkyl halides is 1. The van der Waals surface area contributed by atoms with Gasteiger partial charge in [-0.3, -0.25) is 4.39 Å². The molecule has 0 amide bonds. The lowest BCUT2D eigenvalue weighted by Gasteiger charge is -1.63. The maximum Gasteiger partial charge on any atom is 0.104 e. The summed E-state index contributed by atoms with van der Waals surface area (Å²) >= 11 is 0. The van der Waals surface area contributed by atoms with E-state index in [-0.39, 0.29) is 6.67 Å². The van der Waals surface area contributed by atoms with Gasteiger partial charge >= 0.3 is 0 Å². The summed E-state index contributed by atoms with van der Waals surface area (Å²) in [5, 5.41) is 0. The second kappa shape index (κ2) is 2.99. The van der Waals surface area contributed by atoms with Crippen molar-refractivity contribution in [1.29, 1.82) is 0 Å². The minimum atomic E-state index is -0.181. The van der Waals surface area contributed by atoms with Crippen molar-refractivity contribution in [2.75, 3.05) is 6.67 Å². The normalized spacial score (nSPS) is 7.25. The average Bonchev–Trinajstić information content (AvgIpc) is 1.37. The highest BCUT2D eigenvalue weighted by Crippen LogP contribution is 1.66. The Morgan fingerprint density at radius 3 is 2.00 bits per heavy atom. The summed E-state index contributed by atoms with van der Waals surface area (Å²) in [5.74, 6) is 0. The molecule has 0 aliphatic heterocycles. The van der Waals surface area contributed by atoms with Crippen molar-refractivity contribution in [3.63, 3.8) is 0 Å². The van der Waals surface area contributed by atoms with Gasteiger partial charge in [-0.1, -0.05) is 6.32 Å². The van der Waals surface area contributed by atoms with Gasteiger partial charge in [0.1, 0.15) is 7.85 Å². The summed E-state index contributed by atoms with van der Waals surface area (Å²) in [7, 11) is 1.81. The van der Waals surface area contributed by atoms with Gasteiger partial charge in [-0.25, -0.2) is 0 Å². The van der Waals surface area contributed by atoms with Crippen LogP contribution in [0.3, 0.4) is 0 Å². The van der Waals surface area contributed by atoms with E-state index in [4.69, 9.17) is 0 Å². The topological polar surface area (TPSA) is 0 Å². The van der Waals surface area contributed by atoms with Crippen molar-refractivity contribution >= 4 is 7.85 Å². The third-order valence-corrected chi connectivity index (χ3v) is 0.189. The second-order valence-electron chi connectivity index (χ2n) is 0.689. The molecule has 0 atom stereocenters. The molecule has 0 radical (unpaired) electrons. The first-order chi connectivity index (χ1) is 1.91. The molecule has 0 aromatic rings. The first-order valence-electron chi connectivity index (χ1n) is 1.47. The van der Waals surface area contributed by atoms with Crippen molar-refractivity contribution in [1.82, 2.24) is 0 Å². The zero-order valence-electron chi connectivity index (χ0n) is 2.79. The highest BCUT2D eigenvalue weighted by atomic mass is 19.1. The summed E-state index contributed by atoms with van der Waals surface area (Å²) in [4.78, 5) is 0. The van der Waals surface area contributed by atoms with E-state index in [0.29, 0.717) is 6.32 Å². The van der Waals surface area contributed by atoms with Gasteiger partial charge in [-0.2, -0.15) is 0 Å². The molecule has 0 aromatic carbocycles. The van der Waals surface area contributed by atoms with E-state index in [1.165, 1.54) is 0 Å². The van der Waals surface area contributed by atoms with Crippen LogP contribution in [-0.2, 0) is 0 Å². The molecule has 0 fully saturated rings. The monoisotopic (exact) mass is 60.1 g/mol. The van der Waals surface area contributed by atoms with Gasteiger partial charge in [-0.15, -0.1) is 0 Å². The van der Waals surface area contributed by atoms with E-state index in [1.54, 1.807) is 7.85 Å². The lowest BCUT2D eigenvalue weighted by Crippen LogP contribution is -1.64. The van der Waals surface area contributed by atoms with Crippen molar-refractivity contribution in [3.05, 3.63) is 0 Å². The first kappa shape index (κ1) is 3.99. The number of hydrogen-bond acceptors (Lipinski definition) is 0. The second-order valence-corrected chi connectivity index (χ2v) is 0.689. The van der Waals surface area contributed by atoms with E-state index in [1.807, 2.05) is 0 Å². The summed E-state index contributed by atoms with van der Waals surface area (Å²) in [6.07, 6.45) is 0.653. The van der Waals surface area contributed by atoms with Gasteiger partial charge in [-0.05, 0) is 0 Å². The molecule has 0 saturated heterocycles. The Morgan fingerprint density at radius 1 is 1.75 bits per heavy atom. The maximum absolute atomic E-state index is 10.7. The van der Waals surface area contributed by atoms with Crippen LogP contribution in [-0.4, -0.2) is 14.5 Å². The van der Waals surface area contributed by atoms with Crippen LogP contribution in [0, 0.1) is 0 Å². The van der Waals surface area contributed by atoms with Crippen LogP contribution in [0.1, 0.15) is 0 Å². The fourth-order valence-corrected chi connectivity index (χ4v) is 0. The minimum Gasteiger partial charge on any atom is -0.252 e. The van der Waals surface area contributed by atoms with Crippen LogP contribution in [0.5, 0.6) is 0 Å². The highest BCUT2D eigenvalue weighted by molar-refractivity contribution is 6.08. The molecule has 0 rings (SSSR count). The van der Waals surface area contributed by atoms with E-state index in [0.717, 1.165) is 0 Å². The van der Waals surface area contributed by atoms with E-state index < -0.39 is 0 Å². The van der Waals surface area contributed by atoms with Gasteiger partial charge < -0.3 is 0 Å². The third-order valence-electron chi connectivity index (χ3n) is 0.189. The Balaban J connectivity index is 1.97. The highest BCUT2D eigenvalue weighted by Gasteiger charge is 1.62. The third kappa shape index (κ3) is 1.99. The van der Waals surface area contributed by atoms with Gasteiger partial charge in [0.15, 0.2) is 0 Å². The average molecular weight is 59.9 g/mol. The number of rotatable bonds is 1. The molecule has 0 heterocycles. The number of halogens is 1. The molecular formula is C2H6BF. The molecule has 0 saturated carbocycles. The molecule has 0 aliphatic carbocycles. The van der Waals surface area contributed by atoms with Crippen LogP contribution in [0.2, 0.25) is 6.32 Å². The fourth-order valence-electron chi connectivity index (χ4n) is 0. The Labute approximate surface area is 26.4 Å². The fraction of sp³-hybridized carbons (Fsp3) is 1.00. The molecular weight excluding hydrogens is 53.8 g/mol. The van der Waals surface area contributed by atoms with Crippen molar-refractivity contribution < 1.29 is 4.39 Å². The standard InChI is InChI=1S/C2H6BF/c3-1-2-4/h1-3H2.